The van der Waals surface area contributed by atoms with Crippen molar-refractivity contribution < 1.29 is 14.3 Å². The molecule has 0 amide bonds. The number of anilines is 1. The standard InChI is InChI=1S/C21H25ClFN3O3/c1-10-14-17(26(11-5-6-11)7-12(19(14)27)20(28)29)15(22)18(16(10)23)25-8-13(24-4)21(2,3)9-25/h7,11,13,24H,5-6,8-9H2,1-4H3,(H,28,29)/t13-/m0/s1. The quantitative estimate of drug-likeness (QED) is 0.789. The van der Waals surface area contributed by atoms with Gasteiger partial charge in [0.25, 0.3) is 0 Å². The zero-order chi connectivity index (χ0) is 21.2. The van der Waals surface area contributed by atoms with Crippen LogP contribution in [-0.4, -0.2) is 41.8 Å². The fourth-order valence-corrected chi connectivity index (χ4v) is 4.95. The molecular weight excluding hydrogens is 397 g/mol. The molecule has 1 aromatic heterocycles. The molecule has 1 aromatic carbocycles. The molecule has 156 valence electrons. The SMILES string of the molecule is CN[C@H]1CN(c2c(F)c(C)c3c(=O)c(C(=O)O)cn(C4CC4)c3c2Cl)CC1(C)C. The molecule has 2 N–H and O–H groups in total. The van der Waals surface area contributed by atoms with Crippen LogP contribution in [0.25, 0.3) is 10.9 Å². The summed E-state index contributed by atoms with van der Waals surface area (Å²) in [6, 6.07) is 0.237. The van der Waals surface area contributed by atoms with E-state index in [0.29, 0.717) is 24.3 Å². The third-order valence-corrected chi connectivity index (χ3v) is 6.70. The molecule has 2 aliphatic rings. The number of halogens is 2. The van der Waals surface area contributed by atoms with Gasteiger partial charge in [-0.3, -0.25) is 4.79 Å². The first kappa shape index (κ1) is 20.2. The van der Waals surface area contributed by atoms with E-state index < -0.39 is 17.2 Å². The number of aromatic carboxylic acids is 1. The number of rotatable bonds is 4. The fourth-order valence-electron chi connectivity index (χ4n) is 4.56. The summed E-state index contributed by atoms with van der Waals surface area (Å²) in [6.45, 7) is 6.96. The van der Waals surface area contributed by atoms with E-state index in [1.54, 1.807) is 4.57 Å². The van der Waals surface area contributed by atoms with Crippen molar-refractivity contribution in [1.82, 2.24) is 9.88 Å². The lowest BCUT2D eigenvalue weighted by atomic mass is 9.88. The normalized spacial score (nSPS) is 21.2. The van der Waals surface area contributed by atoms with Gasteiger partial charge < -0.3 is 19.9 Å². The smallest absolute Gasteiger partial charge is 0.341 e. The van der Waals surface area contributed by atoms with Gasteiger partial charge in [-0.25, -0.2) is 9.18 Å². The van der Waals surface area contributed by atoms with Crippen molar-refractivity contribution >= 4 is 34.2 Å². The third kappa shape index (κ3) is 3.02. The Morgan fingerprint density at radius 3 is 2.55 bits per heavy atom. The van der Waals surface area contributed by atoms with Crippen LogP contribution in [0.15, 0.2) is 11.0 Å². The lowest BCUT2D eigenvalue weighted by Crippen LogP contribution is -2.38. The molecule has 4 rings (SSSR count). The van der Waals surface area contributed by atoms with Gasteiger partial charge in [-0.05, 0) is 32.2 Å². The van der Waals surface area contributed by atoms with E-state index in [-0.39, 0.29) is 39.0 Å². The molecule has 2 heterocycles. The van der Waals surface area contributed by atoms with Crippen molar-refractivity contribution in [1.29, 1.82) is 0 Å². The molecule has 0 unspecified atom stereocenters. The minimum absolute atomic E-state index is 0.0617. The Labute approximate surface area is 173 Å². The lowest BCUT2D eigenvalue weighted by molar-refractivity contribution is 0.0695. The molecule has 0 spiro atoms. The van der Waals surface area contributed by atoms with Crippen LogP contribution in [-0.2, 0) is 0 Å². The third-order valence-electron chi connectivity index (χ3n) is 6.34. The number of nitrogens with one attached hydrogen (secondary N) is 1. The number of hydrogen-bond acceptors (Lipinski definition) is 4. The monoisotopic (exact) mass is 421 g/mol. The molecule has 0 bridgehead atoms. The van der Waals surface area contributed by atoms with E-state index in [9.17, 15) is 14.7 Å². The van der Waals surface area contributed by atoms with Gasteiger partial charge in [0.1, 0.15) is 5.56 Å². The summed E-state index contributed by atoms with van der Waals surface area (Å²) in [5, 5.41) is 13.0. The average molecular weight is 422 g/mol. The molecule has 0 radical (unpaired) electrons. The second-order valence-electron chi connectivity index (χ2n) is 8.85. The second-order valence-corrected chi connectivity index (χ2v) is 9.23. The Bertz CT molecular complexity index is 1090. The molecule has 29 heavy (non-hydrogen) atoms. The minimum atomic E-state index is -1.32. The van der Waals surface area contributed by atoms with Gasteiger partial charge in [0, 0.05) is 36.9 Å². The fraction of sp³-hybridized carbons (Fsp3) is 0.524. The summed E-state index contributed by atoms with van der Waals surface area (Å²) in [7, 11) is 1.89. The first-order valence-electron chi connectivity index (χ1n) is 9.80. The Kier molecular flexibility index (Phi) is 4.66. The lowest BCUT2D eigenvalue weighted by Gasteiger charge is -2.26. The number of likely N-dealkylation sites (N-methyl/N-ethyl adjacent to an activating group) is 1. The van der Waals surface area contributed by atoms with Crippen LogP contribution >= 0.6 is 11.6 Å². The summed E-state index contributed by atoms with van der Waals surface area (Å²) < 4.78 is 17.3. The minimum Gasteiger partial charge on any atom is -0.477 e. The Hall–Kier alpha value is -2.12. The zero-order valence-electron chi connectivity index (χ0n) is 17.0. The van der Waals surface area contributed by atoms with Crippen LogP contribution < -0.4 is 15.6 Å². The molecule has 1 aliphatic heterocycles. The summed E-state index contributed by atoms with van der Waals surface area (Å²) in [5.41, 5.74) is -0.260. The van der Waals surface area contributed by atoms with Crippen molar-refractivity contribution in [3.05, 3.63) is 38.4 Å². The maximum Gasteiger partial charge on any atom is 0.341 e. The van der Waals surface area contributed by atoms with E-state index in [2.05, 4.69) is 19.2 Å². The maximum absolute atomic E-state index is 15.5. The Morgan fingerprint density at radius 2 is 2.03 bits per heavy atom. The van der Waals surface area contributed by atoms with Crippen LogP contribution in [0.3, 0.4) is 0 Å². The van der Waals surface area contributed by atoms with E-state index in [0.717, 1.165) is 12.8 Å². The second kappa shape index (κ2) is 6.71. The highest BCUT2D eigenvalue weighted by molar-refractivity contribution is 6.38. The molecule has 2 fully saturated rings. The van der Waals surface area contributed by atoms with Crippen molar-refractivity contribution in [2.45, 2.75) is 45.7 Å². The summed E-state index contributed by atoms with van der Waals surface area (Å²) in [6.07, 6.45) is 3.11. The van der Waals surface area contributed by atoms with Gasteiger partial charge in [0.2, 0.25) is 5.43 Å². The first-order valence-corrected chi connectivity index (χ1v) is 10.2. The van der Waals surface area contributed by atoms with Crippen LogP contribution in [0.1, 0.15) is 48.7 Å². The molecule has 1 saturated carbocycles. The molecule has 6 nitrogen and oxygen atoms in total. The number of benzene rings is 1. The Morgan fingerprint density at radius 1 is 1.38 bits per heavy atom. The number of carbonyl (C=O) groups is 1. The van der Waals surface area contributed by atoms with E-state index in [1.807, 2.05) is 11.9 Å². The van der Waals surface area contributed by atoms with Gasteiger partial charge in [-0.1, -0.05) is 25.4 Å². The summed E-state index contributed by atoms with van der Waals surface area (Å²) >= 11 is 6.75. The summed E-state index contributed by atoms with van der Waals surface area (Å²) in [5.74, 6) is -1.87. The van der Waals surface area contributed by atoms with Crippen molar-refractivity contribution in [2.24, 2.45) is 5.41 Å². The van der Waals surface area contributed by atoms with Crippen molar-refractivity contribution in [3.8, 4) is 0 Å². The molecule has 8 heteroatoms. The molecule has 1 saturated heterocycles. The highest BCUT2D eigenvalue weighted by Gasteiger charge is 2.41. The van der Waals surface area contributed by atoms with E-state index in [1.165, 1.54) is 13.1 Å². The number of aryl methyl sites for hydroxylation is 1. The number of carboxylic acids is 1. The molecular formula is C21H25ClFN3O3. The van der Waals surface area contributed by atoms with Crippen LogP contribution in [0.4, 0.5) is 10.1 Å². The van der Waals surface area contributed by atoms with Crippen molar-refractivity contribution in [2.75, 3.05) is 25.0 Å². The number of carboxylic acid groups (broad SMARTS) is 1. The van der Waals surface area contributed by atoms with Gasteiger partial charge in [0.15, 0.2) is 5.82 Å². The van der Waals surface area contributed by atoms with Gasteiger partial charge in [-0.15, -0.1) is 0 Å². The van der Waals surface area contributed by atoms with E-state index in [4.69, 9.17) is 11.6 Å². The van der Waals surface area contributed by atoms with Crippen LogP contribution in [0, 0.1) is 18.2 Å². The van der Waals surface area contributed by atoms with Gasteiger partial charge >= 0.3 is 5.97 Å². The number of hydrogen-bond donors (Lipinski definition) is 2. The number of aromatic nitrogens is 1. The average Bonchev–Trinajstić information content (AvgIpc) is 3.43. The number of pyridine rings is 1. The first-order chi connectivity index (χ1) is 13.6. The van der Waals surface area contributed by atoms with Crippen molar-refractivity contribution in [3.63, 3.8) is 0 Å². The van der Waals surface area contributed by atoms with E-state index >= 15 is 4.39 Å². The largest absolute Gasteiger partial charge is 0.477 e. The maximum atomic E-state index is 15.5. The number of fused-ring (bicyclic) bond motifs is 1. The predicted molar refractivity (Wildman–Crippen MR) is 112 cm³/mol. The highest BCUT2D eigenvalue weighted by Crippen LogP contribution is 2.45. The van der Waals surface area contributed by atoms with Crippen LogP contribution in [0.5, 0.6) is 0 Å². The van der Waals surface area contributed by atoms with Gasteiger partial charge in [0.05, 0.1) is 21.6 Å². The zero-order valence-corrected chi connectivity index (χ0v) is 17.7. The predicted octanol–water partition coefficient (Wildman–Crippen LogP) is 3.57. The molecule has 1 atom stereocenters. The Balaban J connectivity index is 2.02. The summed E-state index contributed by atoms with van der Waals surface area (Å²) in [4.78, 5) is 26.4. The topological polar surface area (TPSA) is 74.6 Å². The highest BCUT2D eigenvalue weighted by atomic mass is 35.5. The molecule has 2 aromatic rings. The van der Waals surface area contributed by atoms with Gasteiger partial charge in [-0.2, -0.15) is 0 Å². The van der Waals surface area contributed by atoms with Crippen LogP contribution in [0.2, 0.25) is 5.02 Å². The molecule has 1 aliphatic carbocycles. The number of nitrogens with zero attached hydrogens (tertiary/aromatic N) is 2.